The Morgan fingerprint density at radius 1 is 1.21 bits per heavy atom. The molecule has 1 heterocycles. The predicted octanol–water partition coefficient (Wildman–Crippen LogP) is 4.22. The Balaban J connectivity index is 1.78. The highest BCUT2D eigenvalue weighted by Gasteiger charge is 2.26. The van der Waals surface area contributed by atoms with Crippen molar-refractivity contribution in [1.29, 1.82) is 0 Å². The van der Waals surface area contributed by atoms with Crippen molar-refractivity contribution in [3.8, 4) is 5.75 Å². The molecule has 0 aliphatic carbocycles. The lowest BCUT2D eigenvalue weighted by molar-refractivity contribution is -0.0228. The van der Waals surface area contributed by atoms with Crippen molar-refractivity contribution in [1.82, 2.24) is 4.90 Å². The van der Waals surface area contributed by atoms with Gasteiger partial charge in [-0.15, -0.1) is 0 Å². The summed E-state index contributed by atoms with van der Waals surface area (Å²) in [5.41, 5.74) is 2.12. The zero-order chi connectivity index (χ0) is 17.3. The van der Waals surface area contributed by atoms with Crippen LogP contribution in [0.4, 0.5) is 0 Å². The molecular weight excluding hydrogens is 349 g/mol. The number of phenols is 1. The van der Waals surface area contributed by atoms with Gasteiger partial charge in [0.25, 0.3) is 5.91 Å². The van der Waals surface area contributed by atoms with Crippen LogP contribution in [0.15, 0.2) is 36.4 Å². The summed E-state index contributed by atoms with van der Waals surface area (Å²) < 4.78 is 5.78. The van der Waals surface area contributed by atoms with Crippen LogP contribution in [-0.4, -0.2) is 35.6 Å². The number of nitrogens with zero attached hydrogens (tertiary/aromatic N) is 1. The van der Waals surface area contributed by atoms with Crippen LogP contribution in [0, 0.1) is 6.92 Å². The largest absolute Gasteiger partial charge is 0.508 e. The molecule has 3 rings (SSSR count). The molecule has 0 saturated carbocycles. The highest BCUT2D eigenvalue weighted by Crippen LogP contribution is 2.29. The lowest BCUT2D eigenvalue weighted by Crippen LogP contribution is -2.42. The van der Waals surface area contributed by atoms with Gasteiger partial charge in [-0.1, -0.05) is 29.3 Å². The maximum atomic E-state index is 12.7. The molecule has 1 unspecified atom stereocenters. The molecule has 6 heteroatoms. The van der Waals surface area contributed by atoms with Crippen molar-refractivity contribution in [2.45, 2.75) is 13.0 Å². The number of phenolic OH excluding ortho intramolecular Hbond substituents is 1. The molecular formula is C18H17Cl2NO3. The van der Waals surface area contributed by atoms with E-state index in [9.17, 15) is 9.90 Å². The van der Waals surface area contributed by atoms with Gasteiger partial charge >= 0.3 is 0 Å². The SMILES string of the molecule is Cc1cc(C(=O)N2CCOC(c3ccc(Cl)c(Cl)c3)C2)ccc1O. The second-order valence-electron chi connectivity index (χ2n) is 5.79. The third kappa shape index (κ3) is 3.51. The molecule has 2 aromatic carbocycles. The van der Waals surface area contributed by atoms with Gasteiger partial charge < -0.3 is 14.7 Å². The summed E-state index contributed by atoms with van der Waals surface area (Å²) in [5, 5.41) is 10.6. The smallest absolute Gasteiger partial charge is 0.254 e. The summed E-state index contributed by atoms with van der Waals surface area (Å²) in [5.74, 6) is 0.105. The number of morpholine rings is 1. The quantitative estimate of drug-likeness (QED) is 0.866. The Morgan fingerprint density at radius 3 is 2.71 bits per heavy atom. The van der Waals surface area contributed by atoms with Crippen molar-refractivity contribution >= 4 is 29.1 Å². The molecule has 1 fully saturated rings. The number of aromatic hydroxyl groups is 1. The van der Waals surface area contributed by atoms with E-state index in [1.54, 1.807) is 42.2 Å². The van der Waals surface area contributed by atoms with E-state index in [-0.39, 0.29) is 17.8 Å². The number of aryl methyl sites for hydroxylation is 1. The van der Waals surface area contributed by atoms with E-state index in [4.69, 9.17) is 27.9 Å². The molecule has 0 bridgehead atoms. The third-order valence-corrected chi connectivity index (χ3v) is 4.85. The van der Waals surface area contributed by atoms with E-state index < -0.39 is 0 Å². The molecule has 0 radical (unpaired) electrons. The van der Waals surface area contributed by atoms with Crippen molar-refractivity contribution in [2.24, 2.45) is 0 Å². The van der Waals surface area contributed by atoms with E-state index >= 15 is 0 Å². The summed E-state index contributed by atoms with van der Waals surface area (Å²) in [6.45, 7) is 3.19. The third-order valence-electron chi connectivity index (χ3n) is 4.11. The number of halogens is 2. The van der Waals surface area contributed by atoms with E-state index in [1.165, 1.54) is 0 Å². The van der Waals surface area contributed by atoms with Crippen LogP contribution in [-0.2, 0) is 4.74 Å². The number of hydrogen-bond donors (Lipinski definition) is 1. The van der Waals surface area contributed by atoms with Gasteiger partial charge in [0.1, 0.15) is 11.9 Å². The first kappa shape index (κ1) is 17.1. The van der Waals surface area contributed by atoms with Gasteiger partial charge in [-0.25, -0.2) is 0 Å². The van der Waals surface area contributed by atoms with Crippen LogP contribution >= 0.6 is 23.2 Å². The molecule has 1 saturated heterocycles. The fourth-order valence-electron chi connectivity index (χ4n) is 2.72. The number of benzene rings is 2. The number of amides is 1. The summed E-state index contributed by atoms with van der Waals surface area (Å²) in [7, 11) is 0. The monoisotopic (exact) mass is 365 g/mol. The van der Waals surface area contributed by atoms with Crippen molar-refractivity contribution < 1.29 is 14.6 Å². The summed E-state index contributed by atoms with van der Waals surface area (Å²) in [4.78, 5) is 14.5. The van der Waals surface area contributed by atoms with Gasteiger partial charge in [-0.3, -0.25) is 4.79 Å². The average molecular weight is 366 g/mol. The molecule has 1 N–H and O–H groups in total. The van der Waals surface area contributed by atoms with E-state index in [2.05, 4.69) is 0 Å². The van der Waals surface area contributed by atoms with Gasteiger partial charge in [-0.2, -0.15) is 0 Å². The normalized spacial score (nSPS) is 17.8. The van der Waals surface area contributed by atoms with Crippen LogP contribution in [0.5, 0.6) is 5.75 Å². The summed E-state index contributed by atoms with van der Waals surface area (Å²) in [6.07, 6.45) is -0.240. The highest BCUT2D eigenvalue weighted by molar-refractivity contribution is 6.42. The second-order valence-corrected chi connectivity index (χ2v) is 6.60. The van der Waals surface area contributed by atoms with Gasteiger partial charge in [0.15, 0.2) is 0 Å². The molecule has 0 spiro atoms. The molecule has 1 atom stereocenters. The molecule has 1 amide bonds. The van der Waals surface area contributed by atoms with E-state index in [0.717, 1.165) is 5.56 Å². The second kappa shape index (κ2) is 7.01. The molecule has 1 aliphatic rings. The maximum absolute atomic E-state index is 12.7. The number of hydrogen-bond acceptors (Lipinski definition) is 3. The molecule has 1 aliphatic heterocycles. The average Bonchev–Trinajstić information content (AvgIpc) is 2.59. The minimum absolute atomic E-state index is 0.0774. The number of rotatable bonds is 2. The summed E-state index contributed by atoms with van der Waals surface area (Å²) in [6, 6.07) is 10.2. The fraction of sp³-hybridized carbons (Fsp3) is 0.278. The Hall–Kier alpha value is -1.75. The van der Waals surface area contributed by atoms with Crippen LogP contribution in [0.1, 0.15) is 27.6 Å². The van der Waals surface area contributed by atoms with E-state index in [0.29, 0.717) is 40.9 Å². The van der Waals surface area contributed by atoms with Gasteiger partial charge in [0.2, 0.25) is 0 Å². The van der Waals surface area contributed by atoms with Gasteiger partial charge in [0, 0.05) is 12.1 Å². The summed E-state index contributed by atoms with van der Waals surface area (Å²) >= 11 is 12.0. The van der Waals surface area contributed by atoms with Gasteiger partial charge in [0.05, 0.1) is 23.2 Å². The molecule has 126 valence electrons. The molecule has 0 aromatic heterocycles. The minimum atomic E-state index is -0.240. The van der Waals surface area contributed by atoms with Crippen LogP contribution in [0.25, 0.3) is 0 Å². The van der Waals surface area contributed by atoms with Crippen molar-refractivity contribution in [3.05, 3.63) is 63.1 Å². The Bertz CT molecular complexity index is 779. The molecule has 4 nitrogen and oxygen atoms in total. The van der Waals surface area contributed by atoms with Crippen LogP contribution in [0.2, 0.25) is 10.0 Å². The predicted molar refractivity (Wildman–Crippen MR) is 93.9 cm³/mol. The topological polar surface area (TPSA) is 49.8 Å². The van der Waals surface area contributed by atoms with Crippen LogP contribution in [0.3, 0.4) is 0 Å². The highest BCUT2D eigenvalue weighted by atomic mass is 35.5. The number of carbonyl (C=O) groups is 1. The fourth-order valence-corrected chi connectivity index (χ4v) is 3.03. The lowest BCUT2D eigenvalue weighted by Gasteiger charge is -2.33. The van der Waals surface area contributed by atoms with Crippen molar-refractivity contribution in [2.75, 3.05) is 19.7 Å². The van der Waals surface area contributed by atoms with Crippen LogP contribution < -0.4 is 0 Å². The Kier molecular flexibility index (Phi) is 4.99. The minimum Gasteiger partial charge on any atom is -0.508 e. The first-order valence-corrected chi connectivity index (χ1v) is 8.37. The van der Waals surface area contributed by atoms with Crippen molar-refractivity contribution in [3.63, 3.8) is 0 Å². The first-order chi connectivity index (χ1) is 11.5. The molecule has 24 heavy (non-hydrogen) atoms. The Morgan fingerprint density at radius 2 is 2.00 bits per heavy atom. The zero-order valence-corrected chi connectivity index (χ0v) is 14.6. The first-order valence-electron chi connectivity index (χ1n) is 7.61. The van der Waals surface area contributed by atoms with E-state index in [1.807, 2.05) is 6.07 Å². The number of carbonyl (C=O) groups excluding carboxylic acids is 1. The lowest BCUT2D eigenvalue weighted by atomic mass is 10.1. The standard InChI is InChI=1S/C18H17Cl2NO3/c1-11-8-13(3-5-16(11)22)18(23)21-6-7-24-17(10-21)12-2-4-14(19)15(20)9-12/h2-5,8-9,17,22H,6-7,10H2,1H3. The van der Waals surface area contributed by atoms with Gasteiger partial charge in [-0.05, 0) is 48.4 Å². The molecule has 2 aromatic rings. The maximum Gasteiger partial charge on any atom is 0.254 e. The zero-order valence-electron chi connectivity index (χ0n) is 13.1. The number of ether oxygens (including phenoxy) is 1. The Labute approximate surface area is 150 Å².